The standard InChI is InChI=1S/C27H25N3O3S/c1-5-33-26(32)23-17(3)28-27-30(24(23)18-12-10-16(2)11-13-18)25(31)22(34-27)14-19-15-29(4)21-9-7-6-8-20(19)21/h6-15,24H,5H2,1-4H3/b22-14-/t24-/m1/s1. The Morgan fingerprint density at radius 3 is 2.62 bits per heavy atom. The second kappa shape index (κ2) is 8.57. The molecular formula is C27H25N3O3S. The van der Waals surface area contributed by atoms with Crippen molar-refractivity contribution in [3.63, 3.8) is 0 Å². The molecule has 2 aromatic heterocycles. The number of carbonyl (C=O) groups is 1. The van der Waals surface area contributed by atoms with Crippen molar-refractivity contribution >= 4 is 34.3 Å². The number of esters is 1. The number of fused-ring (bicyclic) bond motifs is 2. The molecule has 0 unspecified atom stereocenters. The van der Waals surface area contributed by atoms with Gasteiger partial charge in [-0.2, -0.15) is 0 Å². The third-order valence-electron chi connectivity index (χ3n) is 6.12. The van der Waals surface area contributed by atoms with Crippen LogP contribution in [0.3, 0.4) is 0 Å². The average molecular weight is 472 g/mol. The van der Waals surface area contributed by atoms with E-state index in [9.17, 15) is 9.59 Å². The van der Waals surface area contributed by atoms with E-state index in [-0.39, 0.29) is 12.2 Å². The van der Waals surface area contributed by atoms with E-state index in [2.05, 4.69) is 21.7 Å². The van der Waals surface area contributed by atoms with Crippen LogP contribution in [0.5, 0.6) is 0 Å². The highest BCUT2D eigenvalue weighted by molar-refractivity contribution is 7.07. The first-order valence-corrected chi connectivity index (χ1v) is 12.0. The number of rotatable bonds is 4. The molecule has 34 heavy (non-hydrogen) atoms. The van der Waals surface area contributed by atoms with Gasteiger partial charge in [0.1, 0.15) is 0 Å². The molecule has 0 saturated carbocycles. The molecular weight excluding hydrogens is 446 g/mol. The number of thiazole rings is 1. The Morgan fingerprint density at radius 2 is 1.88 bits per heavy atom. The number of hydrogen-bond donors (Lipinski definition) is 0. The van der Waals surface area contributed by atoms with Gasteiger partial charge in [-0.25, -0.2) is 9.79 Å². The number of carbonyl (C=O) groups excluding carboxylic acids is 1. The second-order valence-corrected chi connectivity index (χ2v) is 9.43. The van der Waals surface area contributed by atoms with Crippen molar-refractivity contribution in [1.82, 2.24) is 9.13 Å². The van der Waals surface area contributed by atoms with Crippen LogP contribution in [0, 0.1) is 6.92 Å². The lowest BCUT2D eigenvalue weighted by Gasteiger charge is -2.24. The summed E-state index contributed by atoms with van der Waals surface area (Å²) in [5.41, 5.74) is 4.82. The van der Waals surface area contributed by atoms with Crippen LogP contribution in [0.2, 0.25) is 0 Å². The molecule has 1 aliphatic heterocycles. The summed E-state index contributed by atoms with van der Waals surface area (Å²) in [7, 11) is 1.99. The number of benzene rings is 2. The van der Waals surface area contributed by atoms with Gasteiger partial charge in [0.25, 0.3) is 5.56 Å². The van der Waals surface area contributed by atoms with Crippen molar-refractivity contribution in [2.75, 3.05) is 6.61 Å². The fraction of sp³-hybridized carbons (Fsp3) is 0.222. The number of para-hydroxylation sites is 1. The molecule has 172 valence electrons. The Morgan fingerprint density at radius 1 is 1.15 bits per heavy atom. The molecule has 3 heterocycles. The summed E-state index contributed by atoms with van der Waals surface area (Å²) in [6.45, 7) is 5.83. The summed E-state index contributed by atoms with van der Waals surface area (Å²) in [6, 6.07) is 15.4. The largest absolute Gasteiger partial charge is 0.463 e. The summed E-state index contributed by atoms with van der Waals surface area (Å²) in [6.07, 6.45) is 3.94. The zero-order valence-corrected chi connectivity index (χ0v) is 20.3. The van der Waals surface area contributed by atoms with Gasteiger partial charge in [-0.05, 0) is 38.5 Å². The lowest BCUT2D eigenvalue weighted by atomic mass is 9.95. The Bertz CT molecular complexity index is 1640. The summed E-state index contributed by atoms with van der Waals surface area (Å²) >= 11 is 1.34. The molecule has 7 heteroatoms. The maximum Gasteiger partial charge on any atom is 0.338 e. The Balaban J connectivity index is 1.75. The molecule has 2 aromatic carbocycles. The molecule has 1 atom stereocenters. The number of aryl methyl sites for hydroxylation is 2. The molecule has 1 aliphatic rings. The zero-order valence-electron chi connectivity index (χ0n) is 19.5. The number of nitrogens with zero attached hydrogens (tertiary/aromatic N) is 3. The van der Waals surface area contributed by atoms with Gasteiger partial charge in [-0.15, -0.1) is 0 Å². The zero-order chi connectivity index (χ0) is 24.0. The summed E-state index contributed by atoms with van der Waals surface area (Å²) in [5.74, 6) is -0.447. The third kappa shape index (κ3) is 3.62. The van der Waals surface area contributed by atoms with E-state index in [1.165, 1.54) is 11.3 Å². The van der Waals surface area contributed by atoms with E-state index in [1.807, 2.05) is 62.6 Å². The van der Waals surface area contributed by atoms with Gasteiger partial charge in [-0.1, -0.05) is 59.4 Å². The molecule has 0 bridgehead atoms. The average Bonchev–Trinajstić information content (AvgIpc) is 3.30. The second-order valence-electron chi connectivity index (χ2n) is 8.43. The van der Waals surface area contributed by atoms with Gasteiger partial charge in [0.15, 0.2) is 4.80 Å². The molecule has 0 saturated heterocycles. The highest BCUT2D eigenvalue weighted by atomic mass is 32.1. The van der Waals surface area contributed by atoms with Crippen molar-refractivity contribution in [1.29, 1.82) is 0 Å². The number of allylic oxidation sites excluding steroid dienone is 1. The Kier molecular flexibility index (Phi) is 5.57. The lowest BCUT2D eigenvalue weighted by Crippen LogP contribution is -2.39. The van der Waals surface area contributed by atoms with Gasteiger partial charge in [0.2, 0.25) is 0 Å². The predicted octanol–water partition coefficient (Wildman–Crippen LogP) is 3.60. The predicted molar refractivity (Wildman–Crippen MR) is 134 cm³/mol. The fourth-order valence-electron chi connectivity index (χ4n) is 4.48. The molecule has 0 aliphatic carbocycles. The van der Waals surface area contributed by atoms with Crippen LogP contribution in [0.1, 0.15) is 36.6 Å². The number of ether oxygens (including phenoxy) is 1. The molecule has 0 amide bonds. The number of aromatic nitrogens is 2. The maximum absolute atomic E-state index is 13.7. The van der Waals surface area contributed by atoms with Gasteiger partial charge >= 0.3 is 5.97 Å². The minimum absolute atomic E-state index is 0.170. The summed E-state index contributed by atoms with van der Waals surface area (Å²) in [5, 5.41) is 1.08. The maximum atomic E-state index is 13.7. The normalized spacial score (nSPS) is 16.0. The van der Waals surface area contributed by atoms with Gasteiger partial charge < -0.3 is 9.30 Å². The van der Waals surface area contributed by atoms with E-state index < -0.39 is 12.0 Å². The lowest BCUT2D eigenvalue weighted by molar-refractivity contribution is -0.139. The molecule has 0 radical (unpaired) electrons. The van der Waals surface area contributed by atoms with Crippen molar-refractivity contribution in [3.8, 4) is 0 Å². The van der Waals surface area contributed by atoms with Crippen LogP contribution in [-0.2, 0) is 16.6 Å². The fourth-order valence-corrected chi connectivity index (χ4v) is 5.52. The van der Waals surface area contributed by atoms with Crippen molar-refractivity contribution in [2.45, 2.75) is 26.8 Å². The summed E-state index contributed by atoms with van der Waals surface area (Å²) < 4.78 is 9.61. The first-order valence-electron chi connectivity index (χ1n) is 11.2. The quantitative estimate of drug-likeness (QED) is 0.427. The van der Waals surface area contributed by atoms with Crippen LogP contribution in [0.25, 0.3) is 17.0 Å². The van der Waals surface area contributed by atoms with Crippen molar-refractivity contribution in [2.24, 2.45) is 12.0 Å². The monoisotopic (exact) mass is 471 g/mol. The van der Waals surface area contributed by atoms with Crippen LogP contribution < -0.4 is 14.9 Å². The third-order valence-corrected chi connectivity index (χ3v) is 7.11. The van der Waals surface area contributed by atoms with Crippen LogP contribution in [0.4, 0.5) is 0 Å². The Labute approximate surface area is 200 Å². The van der Waals surface area contributed by atoms with Crippen molar-refractivity contribution in [3.05, 3.63) is 102 Å². The SMILES string of the molecule is CCOC(=O)C1=C(C)N=c2s/c(=C\c3cn(C)c4ccccc34)c(=O)n2[C@@H]1c1ccc(C)cc1. The smallest absolute Gasteiger partial charge is 0.338 e. The number of hydrogen-bond acceptors (Lipinski definition) is 5. The minimum Gasteiger partial charge on any atom is -0.463 e. The van der Waals surface area contributed by atoms with Crippen molar-refractivity contribution < 1.29 is 9.53 Å². The van der Waals surface area contributed by atoms with Gasteiger partial charge in [0, 0.05) is 29.7 Å². The minimum atomic E-state index is -0.592. The molecule has 6 nitrogen and oxygen atoms in total. The van der Waals surface area contributed by atoms with Crippen LogP contribution in [-0.4, -0.2) is 21.7 Å². The molecule has 0 fully saturated rings. The van der Waals surface area contributed by atoms with E-state index in [0.29, 0.717) is 20.6 Å². The van der Waals surface area contributed by atoms with Crippen LogP contribution >= 0.6 is 11.3 Å². The molecule has 0 N–H and O–H groups in total. The van der Waals surface area contributed by atoms with Gasteiger partial charge in [-0.3, -0.25) is 9.36 Å². The van der Waals surface area contributed by atoms with Gasteiger partial charge in [0.05, 0.1) is 28.5 Å². The topological polar surface area (TPSA) is 65.6 Å². The summed E-state index contributed by atoms with van der Waals surface area (Å²) in [4.78, 5) is 31.9. The molecule has 0 spiro atoms. The molecule has 4 aromatic rings. The highest BCUT2D eigenvalue weighted by Crippen LogP contribution is 2.31. The van der Waals surface area contributed by atoms with E-state index in [1.54, 1.807) is 18.4 Å². The first kappa shape index (κ1) is 22.1. The van der Waals surface area contributed by atoms with E-state index in [0.717, 1.165) is 27.6 Å². The highest BCUT2D eigenvalue weighted by Gasteiger charge is 2.33. The van der Waals surface area contributed by atoms with Crippen LogP contribution in [0.15, 0.2) is 75.8 Å². The molecule has 5 rings (SSSR count). The Hall–Kier alpha value is -3.71. The van der Waals surface area contributed by atoms with E-state index in [4.69, 9.17) is 4.74 Å². The first-order chi connectivity index (χ1) is 16.4. The van der Waals surface area contributed by atoms with E-state index >= 15 is 0 Å².